The van der Waals surface area contributed by atoms with Gasteiger partial charge in [-0.05, 0) is 31.2 Å². The van der Waals surface area contributed by atoms with E-state index in [2.05, 4.69) is 9.97 Å². The van der Waals surface area contributed by atoms with Crippen LogP contribution in [0.4, 0.5) is 4.39 Å². The summed E-state index contributed by atoms with van der Waals surface area (Å²) in [5.41, 5.74) is 1.63. The van der Waals surface area contributed by atoms with Crippen molar-refractivity contribution in [1.29, 1.82) is 0 Å². The number of aromatic nitrogens is 2. The predicted octanol–water partition coefficient (Wildman–Crippen LogP) is 2.40. The van der Waals surface area contributed by atoms with Crippen LogP contribution >= 0.6 is 0 Å². The van der Waals surface area contributed by atoms with Gasteiger partial charge in [-0.2, -0.15) is 0 Å². The molecule has 0 spiro atoms. The summed E-state index contributed by atoms with van der Waals surface area (Å²) in [5, 5.41) is 0. The fourth-order valence-corrected chi connectivity index (χ4v) is 1.40. The molecule has 0 amide bonds. The first-order valence-corrected chi connectivity index (χ1v) is 4.75. The van der Waals surface area contributed by atoms with Gasteiger partial charge >= 0.3 is 0 Å². The van der Waals surface area contributed by atoms with Gasteiger partial charge in [0.1, 0.15) is 11.6 Å². The molecule has 0 radical (unpaired) electrons. The molecule has 0 fully saturated rings. The molecular formula is C12H9FN2O. The van der Waals surface area contributed by atoms with E-state index in [9.17, 15) is 9.18 Å². The van der Waals surface area contributed by atoms with Gasteiger partial charge in [0.15, 0.2) is 6.29 Å². The first-order chi connectivity index (χ1) is 7.70. The summed E-state index contributed by atoms with van der Waals surface area (Å²) in [6.07, 6.45) is 2.16. The maximum absolute atomic E-state index is 12.8. The summed E-state index contributed by atoms with van der Waals surface area (Å²) in [5.74, 6) is 0.257. The molecular weight excluding hydrogens is 207 g/mol. The quantitative estimate of drug-likeness (QED) is 0.724. The number of carbonyl (C=O) groups excluding carboxylic acids is 1. The van der Waals surface area contributed by atoms with Crippen molar-refractivity contribution in [3.63, 3.8) is 0 Å². The number of rotatable bonds is 2. The Labute approximate surface area is 92.0 Å². The number of hydrogen-bond acceptors (Lipinski definition) is 3. The minimum Gasteiger partial charge on any atom is -0.298 e. The average Bonchev–Trinajstić information content (AvgIpc) is 2.30. The highest BCUT2D eigenvalue weighted by atomic mass is 19.1. The van der Waals surface area contributed by atoms with Crippen molar-refractivity contribution in [1.82, 2.24) is 9.97 Å². The summed E-state index contributed by atoms with van der Waals surface area (Å²) < 4.78 is 12.8. The standard InChI is InChI=1S/C12H9FN2O/c1-8-14-6-10(7-16)12(15-8)9-2-4-11(13)5-3-9/h2-7H,1H3. The van der Waals surface area contributed by atoms with E-state index >= 15 is 0 Å². The molecule has 2 rings (SSSR count). The number of aldehydes is 1. The van der Waals surface area contributed by atoms with E-state index in [1.54, 1.807) is 19.1 Å². The Morgan fingerprint density at radius 1 is 1.25 bits per heavy atom. The van der Waals surface area contributed by atoms with Crippen LogP contribution in [0.1, 0.15) is 16.2 Å². The number of aryl methyl sites for hydroxylation is 1. The molecule has 0 unspecified atom stereocenters. The van der Waals surface area contributed by atoms with Gasteiger partial charge in [-0.1, -0.05) is 0 Å². The Kier molecular flexibility index (Phi) is 2.72. The lowest BCUT2D eigenvalue weighted by molar-refractivity contribution is 0.112. The molecule has 0 saturated carbocycles. The van der Waals surface area contributed by atoms with E-state index in [0.717, 1.165) is 0 Å². The van der Waals surface area contributed by atoms with Crippen LogP contribution in [-0.4, -0.2) is 16.3 Å². The zero-order chi connectivity index (χ0) is 11.5. The largest absolute Gasteiger partial charge is 0.298 e. The third-order valence-corrected chi connectivity index (χ3v) is 2.18. The summed E-state index contributed by atoms with van der Waals surface area (Å²) in [4.78, 5) is 18.9. The van der Waals surface area contributed by atoms with E-state index in [1.807, 2.05) is 0 Å². The molecule has 1 aromatic heterocycles. The highest BCUT2D eigenvalue weighted by Crippen LogP contribution is 2.20. The molecule has 0 bridgehead atoms. The van der Waals surface area contributed by atoms with Crippen LogP contribution in [0.3, 0.4) is 0 Å². The van der Waals surface area contributed by atoms with Gasteiger partial charge in [0.25, 0.3) is 0 Å². The Morgan fingerprint density at radius 2 is 1.94 bits per heavy atom. The molecule has 1 aromatic carbocycles. The molecule has 2 aromatic rings. The smallest absolute Gasteiger partial charge is 0.153 e. The zero-order valence-corrected chi connectivity index (χ0v) is 8.64. The molecule has 0 aliphatic heterocycles. The van der Waals surface area contributed by atoms with E-state index in [4.69, 9.17) is 0 Å². The third kappa shape index (κ3) is 1.95. The second kappa shape index (κ2) is 4.18. The number of halogens is 1. The predicted molar refractivity (Wildman–Crippen MR) is 57.6 cm³/mol. The average molecular weight is 216 g/mol. The van der Waals surface area contributed by atoms with Crippen LogP contribution in [0.5, 0.6) is 0 Å². The number of nitrogens with zero attached hydrogens (tertiary/aromatic N) is 2. The van der Waals surface area contributed by atoms with Crippen LogP contribution in [0.2, 0.25) is 0 Å². The van der Waals surface area contributed by atoms with Crippen LogP contribution in [-0.2, 0) is 0 Å². The Morgan fingerprint density at radius 3 is 2.56 bits per heavy atom. The first-order valence-electron chi connectivity index (χ1n) is 4.75. The van der Waals surface area contributed by atoms with Crippen molar-refractivity contribution in [2.24, 2.45) is 0 Å². The maximum atomic E-state index is 12.8. The highest BCUT2D eigenvalue weighted by Gasteiger charge is 2.07. The summed E-state index contributed by atoms with van der Waals surface area (Å²) in [7, 11) is 0. The molecule has 0 aliphatic rings. The minimum atomic E-state index is -0.317. The second-order valence-corrected chi connectivity index (χ2v) is 3.35. The normalized spacial score (nSPS) is 10.1. The molecule has 0 aliphatic carbocycles. The van der Waals surface area contributed by atoms with Gasteiger partial charge in [-0.15, -0.1) is 0 Å². The number of benzene rings is 1. The first kappa shape index (κ1) is 10.4. The molecule has 0 atom stereocenters. The lowest BCUT2D eigenvalue weighted by Gasteiger charge is -2.04. The molecule has 0 saturated heterocycles. The van der Waals surface area contributed by atoms with Gasteiger partial charge in [0.2, 0.25) is 0 Å². The molecule has 3 nitrogen and oxygen atoms in total. The van der Waals surface area contributed by atoms with Crippen LogP contribution in [0, 0.1) is 12.7 Å². The SMILES string of the molecule is Cc1ncc(C=O)c(-c2ccc(F)cc2)n1. The van der Waals surface area contributed by atoms with Crippen LogP contribution < -0.4 is 0 Å². The van der Waals surface area contributed by atoms with Crippen molar-refractivity contribution in [3.05, 3.63) is 47.7 Å². The topological polar surface area (TPSA) is 42.9 Å². The van der Waals surface area contributed by atoms with Crippen molar-refractivity contribution in [3.8, 4) is 11.3 Å². The Balaban J connectivity index is 2.57. The molecule has 16 heavy (non-hydrogen) atoms. The number of hydrogen-bond donors (Lipinski definition) is 0. The van der Waals surface area contributed by atoms with Crippen molar-refractivity contribution >= 4 is 6.29 Å². The second-order valence-electron chi connectivity index (χ2n) is 3.35. The highest BCUT2D eigenvalue weighted by molar-refractivity contribution is 5.85. The summed E-state index contributed by atoms with van der Waals surface area (Å²) >= 11 is 0. The van der Waals surface area contributed by atoms with Crippen LogP contribution in [0.25, 0.3) is 11.3 Å². The van der Waals surface area contributed by atoms with E-state index in [0.29, 0.717) is 28.9 Å². The molecule has 80 valence electrons. The molecule has 4 heteroatoms. The van der Waals surface area contributed by atoms with Gasteiger partial charge in [0.05, 0.1) is 11.3 Å². The van der Waals surface area contributed by atoms with Crippen molar-refractivity contribution < 1.29 is 9.18 Å². The summed E-state index contributed by atoms with van der Waals surface area (Å²) in [6.45, 7) is 1.74. The molecule has 1 heterocycles. The fraction of sp³-hybridized carbons (Fsp3) is 0.0833. The lowest BCUT2D eigenvalue weighted by atomic mass is 10.1. The van der Waals surface area contributed by atoms with E-state index < -0.39 is 0 Å². The monoisotopic (exact) mass is 216 g/mol. The van der Waals surface area contributed by atoms with Crippen molar-refractivity contribution in [2.45, 2.75) is 6.92 Å². The maximum Gasteiger partial charge on any atom is 0.153 e. The Bertz CT molecular complexity index is 523. The van der Waals surface area contributed by atoms with Gasteiger partial charge < -0.3 is 0 Å². The van der Waals surface area contributed by atoms with Crippen LogP contribution in [0.15, 0.2) is 30.5 Å². The van der Waals surface area contributed by atoms with E-state index in [-0.39, 0.29) is 5.82 Å². The van der Waals surface area contributed by atoms with Gasteiger partial charge in [0, 0.05) is 11.8 Å². The lowest BCUT2D eigenvalue weighted by Crippen LogP contribution is -1.96. The minimum absolute atomic E-state index is 0.317. The summed E-state index contributed by atoms with van der Waals surface area (Å²) in [6, 6.07) is 5.84. The van der Waals surface area contributed by atoms with Gasteiger partial charge in [-0.25, -0.2) is 14.4 Å². The van der Waals surface area contributed by atoms with Crippen molar-refractivity contribution in [2.75, 3.05) is 0 Å². The Hall–Kier alpha value is -2.10. The third-order valence-electron chi connectivity index (χ3n) is 2.18. The number of carbonyl (C=O) groups is 1. The zero-order valence-electron chi connectivity index (χ0n) is 8.64. The molecule has 0 N–H and O–H groups in total. The van der Waals surface area contributed by atoms with E-state index in [1.165, 1.54) is 18.3 Å². The van der Waals surface area contributed by atoms with Gasteiger partial charge in [-0.3, -0.25) is 4.79 Å². The fourth-order valence-electron chi connectivity index (χ4n) is 1.40.